The van der Waals surface area contributed by atoms with Crippen LogP contribution in [0.4, 0.5) is 17.1 Å². The molecule has 2 aromatic carbocycles. The van der Waals surface area contributed by atoms with Crippen molar-refractivity contribution < 1.29 is 9.66 Å². The van der Waals surface area contributed by atoms with Gasteiger partial charge in [0.1, 0.15) is 11.4 Å². The van der Waals surface area contributed by atoms with E-state index in [2.05, 4.69) is 4.90 Å². The summed E-state index contributed by atoms with van der Waals surface area (Å²) in [7, 11) is 1.65. The monoisotopic (exact) mass is 347 g/mol. The summed E-state index contributed by atoms with van der Waals surface area (Å²) in [6.07, 6.45) is 0. The molecule has 1 heterocycles. The maximum atomic E-state index is 11.3. The highest BCUT2D eigenvalue weighted by Crippen LogP contribution is 2.32. The molecule has 0 unspecified atom stereocenters. The van der Waals surface area contributed by atoms with Gasteiger partial charge in [0.05, 0.1) is 12.0 Å². The van der Waals surface area contributed by atoms with Crippen LogP contribution in [0.2, 0.25) is 5.02 Å². The average Bonchev–Trinajstić information content (AvgIpc) is 2.62. The Morgan fingerprint density at radius 3 is 2.25 bits per heavy atom. The summed E-state index contributed by atoms with van der Waals surface area (Å²) in [5.41, 5.74) is 1.81. The first-order valence-corrected chi connectivity index (χ1v) is 8.04. The number of nitrogens with zero attached hydrogens (tertiary/aromatic N) is 3. The third-order valence-corrected chi connectivity index (χ3v) is 4.43. The van der Waals surface area contributed by atoms with Crippen molar-refractivity contribution in [2.75, 3.05) is 43.1 Å². The highest BCUT2D eigenvalue weighted by Gasteiger charge is 2.24. The normalized spacial score (nSPS) is 14.6. The van der Waals surface area contributed by atoms with Gasteiger partial charge in [-0.05, 0) is 36.4 Å². The third-order valence-electron chi connectivity index (χ3n) is 4.19. The Kier molecular flexibility index (Phi) is 4.76. The molecule has 0 saturated carbocycles. The molecule has 1 saturated heterocycles. The lowest BCUT2D eigenvalue weighted by molar-refractivity contribution is -0.384. The summed E-state index contributed by atoms with van der Waals surface area (Å²) in [5.74, 6) is 0.828. The minimum absolute atomic E-state index is 0.0559. The molecule has 0 aliphatic carbocycles. The second kappa shape index (κ2) is 6.97. The molecular formula is C17H18ClN3O3. The number of hydrogen-bond donors (Lipinski definition) is 0. The summed E-state index contributed by atoms with van der Waals surface area (Å²) in [5, 5.41) is 11.6. The first-order valence-electron chi connectivity index (χ1n) is 7.66. The van der Waals surface area contributed by atoms with Crippen molar-refractivity contribution in [3.8, 4) is 5.75 Å². The zero-order valence-corrected chi connectivity index (χ0v) is 14.1. The van der Waals surface area contributed by atoms with Gasteiger partial charge in [-0.1, -0.05) is 11.6 Å². The molecule has 0 N–H and O–H groups in total. The van der Waals surface area contributed by atoms with E-state index in [-0.39, 0.29) is 10.6 Å². The topological polar surface area (TPSA) is 58.8 Å². The van der Waals surface area contributed by atoms with Crippen LogP contribution in [0.3, 0.4) is 0 Å². The minimum atomic E-state index is -0.378. The van der Waals surface area contributed by atoms with Crippen molar-refractivity contribution >= 4 is 28.7 Å². The number of nitro groups is 1. The Morgan fingerprint density at radius 1 is 1.04 bits per heavy atom. The predicted octanol–water partition coefficient (Wildman–Crippen LogP) is 3.58. The number of anilines is 2. The molecule has 6 nitrogen and oxygen atoms in total. The Hall–Kier alpha value is -2.47. The van der Waals surface area contributed by atoms with Gasteiger partial charge >= 0.3 is 0 Å². The van der Waals surface area contributed by atoms with E-state index in [0.717, 1.165) is 24.5 Å². The van der Waals surface area contributed by atoms with E-state index in [1.54, 1.807) is 19.2 Å². The molecule has 0 atom stereocenters. The molecule has 0 radical (unpaired) electrons. The predicted molar refractivity (Wildman–Crippen MR) is 95.5 cm³/mol. The number of benzene rings is 2. The van der Waals surface area contributed by atoms with Crippen LogP contribution in [-0.2, 0) is 0 Å². The standard InChI is InChI=1S/C17H18ClN3O3/c1-24-15-5-3-14(4-6-15)19-8-10-20(11-9-19)16-7-2-13(18)12-17(16)21(22)23/h2-7,12H,8-11H2,1H3. The number of rotatable bonds is 4. The van der Waals surface area contributed by atoms with Gasteiger partial charge in [0.25, 0.3) is 5.69 Å². The van der Waals surface area contributed by atoms with E-state index in [0.29, 0.717) is 23.8 Å². The second-order valence-electron chi connectivity index (χ2n) is 5.56. The smallest absolute Gasteiger partial charge is 0.294 e. The van der Waals surface area contributed by atoms with Gasteiger partial charge in [0, 0.05) is 43.0 Å². The molecule has 1 aliphatic heterocycles. The van der Waals surface area contributed by atoms with Crippen LogP contribution in [0.25, 0.3) is 0 Å². The molecule has 3 rings (SSSR count). The summed E-state index contributed by atoms with van der Waals surface area (Å²) in [6, 6.07) is 12.8. The average molecular weight is 348 g/mol. The zero-order chi connectivity index (χ0) is 17.1. The SMILES string of the molecule is COc1ccc(N2CCN(c3ccc(Cl)cc3[N+](=O)[O-])CC2)cc1. The third kappa shape index (κ3) is 3.38. The Bertz CT molecular complexity index is 728. The summed E-state index contributed by atoms with van der Waals surface area (Å²) < 4.78 is 5.18. The van der Waals surface area contributed by atoms with Crippen LogP contribution in [0.1, 0.15) is 0 Å². The summed E-state index contributed by atoms with van der Waals surface area (Å²) in [6.45, 7) is 3.03. The van der Waals surface area contributed by atoms with E-state index in [4.69, 9.17) is 16.3 Å². The molecule has 0 bridgehead atoms. The molecule has 1 fully saturated rings. The number of piperazine rings is 1. The molecule has 126 valence electrons. The molecule has 1 aliphatic rings. The second-order valence-corrected chi connectivity index (χ2v) is 6.00. The molecule has 2 aromatic rings. The van der Waals surface area contributed by atoms with Crippen molar-refractivity contribution in [1.82, 2.24) is 0 Å². The van der Waals surface area contributed by atoms with Crippen molar-refractivity contribution in [2.24, 2.45) is 0 Å². The van der Waals surface area contributed by atoms with Gasteiger partial charge in [0.2, 0.25) is 0 Å². The first kappa shape index (κ1) is 16.4. The number of nitro benzene ring substituents is 1. The van der Waals surface area contributed by atoms with E-state index >= 15 is 0 Å². The van der Waals surface area contributed by atoms with Gasteiger partial charge in [-0.2, -0.15) is 0 Å². The van der Waals surface area contributed by atoms with Gasteiger partial charge < -0.3 is 14.5 Å². The molecule has 0 amide bonds. The van der Waals surface area contributed by atoms with Crippen molar-refractivity contribution in [2.45, 2.75) is 0 Å². The lowest BCUT2D eigenvalue weighted by atomic mass is 10.2. The fourth-order valence-corrected chi connectivity index (χ4v) is 3.08. The molecule has 7 heteroatoms. The number of methoxy groups -OCH3 is 1. The molecule has 0 spiro atoms. The Morgan fingerprint density at radius 2 is 1.67 bits per heavy atom. The lowest BCUT2D eigenvalue weighted by Crippen LogP contribution is -2.46. The van der Waals surface area contributed by atoms with Gasteiger partial charge in [-0.3, -0.25) is 10.1 Å². The van der Waals surface area contributed by atoms with Crippen molar-refractivity contribution in [1.29, 1.82) is 0 Å². The van der Waals surface area contributed by atoms with Gasteiger partial charge in [-0.15, -0.1) is 0 Å². The van der Waals surface area contributed by atoms with Crippen LogP contribution >= 0.6 is 11.6 Å². The van der Waals surface area contributed by atoms with Crippen molar-refractivity contribution in [3.63, 3.8) is 0 Å². The van der Waals surface area contributed by atoms with Gasteiger partial charge in [0.15, 0.2) is 0 Å². The number of halogens is 1. The van der Waals surface area contributed by atoms with Crippen LogP contribution in [-0.4, -0.2) is 38.2 Å². The van der Waals surface area contributed by atoms with Crippen LogP contribution in [0.5, 0.6) is 5.75 Å². The fourth-order valence-electron chi connectivity index (χ4n) is 2.91. The maximum absolute atomic E-state index is 11.3. The fraction of sp³-hybridized carbons (Fsp3) is 0.294. The molecule has 24 heavy (non-hydrogen) atoms. The largest absolute Gasteiger partial charge is 0.497 e. The van der Waals surface area contributed by atoms with E-state index < -0.39 is 0 Å². The Labute approximate surface area is 145 Å². The Balaban J connectivity index is 1.72. The number of hydrogen-bond acceptors (Lipinski definition) is 5. The quantitative estimate of drug-likeness (QED) is 0.625. The highest BCUT2D eigenvalue weighted by atomic mass is 35.5. The maximum Gasteiger partial charge on any atom is 0.294 e. The zero-order valence-electron chi connectivity index (χ0n) is 13.3. The summed E-state index contributed by atoms with van der Waals surface area (Å²) in [4.78, 5) is 15.2. The van der Waals surface area contributed by atoms with E-state index in [1.165, 1.54) is 6.07 Å². The van der Waals surface area contributed by atoms with E-state index in [9.17, 15) is 10.1 Å². The molecular weight excluding hydrogens is 330 g/mol. The van der Waals surface area contributed by atoms with Crippen LogP contribution in [0, 0.1) is 10.1 Å². The first-order chi connectivity index (χ1) is 11.6. The van der Waals surface area contributed by atoms with Crippen LogP contribution in [0.15, 0.2) is 42.5 Å². The molecule has 0 aromatic heterocycles. The van der Waals surface area contributed by atoms with Crippen LogP contribution < -0.4 is 14.5 Å². The summed E-state index contributed by atoms with van der Waals surface area (Å²) >= 11 is 5.89. The van der Waals surface area contributed by atoms with Crippen molar-refractivity contribution in [3.05, 3.63) is 57.6 Å². The van der Waals surface area contributed by atoms with E-state index in [1.807, 2.05) is 29.2 Å². The minimum Gasteiger partial charge on any atom is -0.497 e. The van der Waals surface area contributed by atoms with Gasteiger partial charge in [-0.25, -0.2) is 0 Å². The number of ether oxygens (including phenoxy) is 1. The highest BCUT2D eigenvalue weighted by molar-refractivity contribution is 6.30. The lowest BCUT2D eigenvalue weighted by Gasteiger charge is -2.37.